The molecule has 2 aromatic heterocycles. The van der Waals surface area contributed by atoms with Gasteiger partial charge in [-0.3, -0.25) is 9.78 Å². The standard InChI is InChI=1S/C17H14Cl2F3N3O2/c1-9(25-14(19)12-8-23-4-2-11(12)16(25)26)10-6-13(18)15(24-7-10)27-5-3-17(20,21)22/h2,4,6-9,14H,3,5H2,1H3. The van der Waals surface area contributed by atoms with Gasteiger partial charge in [0.2, 0.25) is 5.88 Å². The van der Waals surface area contributed by atoms with Crippen LogP contribution in [0.25, 0.3) is 0 Å². The molecule has 0 bridgehead atoms. The summed E-state index contributed by atoms with van der Waals surface area (Å²) in [6.45, 7) is 1.17. The molecule has 0 radical (unpaired) electrons. The highest BCUT2D eigenvalue weighted by Crippen LogP contribution is 2.42. The second-order valence-corrected chi connectivity index (χ2v) is 6.78. The minimum Gasteiger partial charge on any atom is -0.476 e. The van der Waals surface area contributed by atoms with E-state index < -0.39 is 30.7 Å². The van der Waals surface area contributed by atoms with Gasteiger partial charge in [0.15, 0.2) is 0 Å². The number of carbonyl (C=O) groups is 1. The second-order valence-electron chi connectivity index (χ2n) is 5.96. The van der Waals surface area contributed by atoms with Crippen molar-refractivity contribution >= 4 is 29.1 Å². The van der Waals surface area contributed by atoms with Crippen LogP contribution in [0.5, 0.6) is 5.88 Å². The zero-order valence-electron chi connectivity index (χ0n) is 14.0. The number of halogens is 5. The van der Waals surface area contributed by atoms with Crippen LogP contribution < -0.4 is 4.74 Å². The first-order chi connectivity index (χ1) is 12.7. The Morgan fingerprint density at radius 2 is 2.11 bits per heavy atom. The van der Waals surface area contributed by atoms with Crippen molar-refractivity contribution < 1.29 is 22.7 Å². The van der Waals surface area contributed by atoms with Crippen LogP contribution >= 0.6 is 23.2 Å². The molecule has 0 N–H and O–H groups in total. The molecule has 27 heavy (non-hydrogen) atoms. The van der Waals surface area contributed by atoms with Crippen molar-refractivity contribution in [3.63, 3.8) is 0 Å². The molecule has 0 fully saturated rings. The lowest BCUT2D eigenvalue weighted by molar-refractivity contribution is -0.139. The molecule has 5 nitrogen and oxygen atoms in total. The summed E-state index contributed by atoms with van der Waals surface area (Å²) in [6.07, 6.45) is -0.972. The van der Waals surface area contributed by atoms with E-state index in [1.807, 2.05) is 0 Å². The van der Waals surface area contributed by atoms with Crippen LogP contribution in [0.2, 0.25) is 5.02 Å². The number of nitrogens with zero attached hydrogens (tertiary/aromatic N) is 3. The normalized spacial score (nSPS) is 17.8. The molecule has 3 rings (SSSR count). The van der Waals surface area contributed by atoms with Gasteiger partial charge in [-0.1, -0.05) is 23.2 Å². The fourth-order valence-electron chi connectivity index (χ4n) is 2.75. The van der Waals surface area contributed by atoms with E-state index in [0.717, 1.165) is 0 Å². The van der Waals surface area contributed by atoms with Gasteiger partial charge >= 0.3 is 6.18 Å². The molecule has 2 unspecified atom stereocenters. The Hall–Kier alpha value is -2.06. The van der Waals surface area contributed by atoms with Gasteiger partial charge in [-0.05, 0) is 24.6 Å². The quantitative estimate of drug-likeness (QED) is 0.509. The molecule has 1 amide bonds. The van der Waals surface area contributed by atoms with E-state index in [1.54, 1.807) is 19.2 Å². The average Bonchev–Trinajstić information content (AvgIpc) is 2.86. The minimum atomic E-state index is -4.32. The summed E-state index contributed by atoms with van der Waals surface area (Å²) in [7, 11) is 0. The summed E-state index contributed by atoms with van der Waals surface area (Å²) < 4.78 is 41.6. The number of ether oxygens (including phenoxy) is 1. The van der Waals surface area contributed by atoms with Gasteiger partial charge in [-0.2, -0.15) is 13.2 Å². The number of rotatable bonds is 5. The van der Waals surface area contributed by atoms with Crippen LogP contribution in [-0.2, 0) is 0 Å². The molecule has 2 aromatic rings. The van der Waals surface area contributed by atoms with Crippen LogP contribution in [-0.4, -0.2) is 33.6 Å². The van der Waals surface area contributed by atoms with Crippen molar-refractivity contribution in [1.82, 2.24) is 14.9 Å². The van der Waals surface area contributed by atoms with Crippen molar-refractivity contribution in [2.75, 3.05) is 6.61 Å². The highest BCUT2D eigenvalue weighted by atomic mass is 35.5. The fourth-order valence-corrected chi connectivity index (χ4v) is 3.42. The first-order valence-electron chi connectivity index (χ1n) is 7.94. The topological polar surface area (TPSA) is 55.3 Å². The van der Waals surface area contributed by atoms with Gasteiger partial charge in [-0.15, -0.1) is 0 Å². The molecular weight excluding hydrogens is 406 g/mol. The third kappa shape index (κ3) is 4.11. The van der Waals surface area contributed by atoms with Gasteiger partial charge in [0.25, 0.3) is 5.91 Å². The molecule has 0 saturated heterocycles. The van der Waals surface area contributed by atoms with Gasteiger partial charge in [0.1, 0.15) is 10.5 Å². The van der Waals surface area contributed by atoms with Crippen LogP contribution in [0.1, 0.15) is 46.4 Å². The lowest BCUT2D eigenvalue weighted by Gasteiger charge is -2.28. The number of fused-ring (bicyclic) bond motifs is 1. The van der Waals surface area contributed by atoms with E-state index in [0.29, 0.717) is 16.7 Å². The third-order valence-corrected chi connectivity index (χ3v) is 4.89. The predicted molar refractivity (Wildman–Crippen MR) is 92.8 cm³/mol. The highest BCUT2D eigenvalue weighted by molar-refractivity contribution is 6.31. The third-order valence-electron chi connectivity index (χ3n) is 4.17. The van der Waals surface area contributed by atoms with Gasteiger partial charge in [0, 0.05) is 29.7 Å². The number of hydrogen-bond donors (Lipinski definition) is 0. The first kappa shape index (κ1) is 19.7. The Bertz CT molecular complexity index is 864. The van der Waals surface area contributed by atoms with E-state index in [-0.39, 0.29) is 16.8 Å². The molecule has 10 heteroatoms. The molecule has 144 valence electrons. The van der Waals surface area contributed by atoms with Crippen molar-refractivity contribution in [2.24, 2.45) is 0 Å². The maximum atomic E-state index is 12.6. The van der Waals surface area contributed by atoms with Crippen LogP contribution in [0, 0.1) is 0 Å². The molecule has 0 aliphatic carbocycles. The van der Waals surface area contributed by atoms with Crippen LogP contribution in [0.3, 0.4) is 0 Å². The molecule has 0 saturated carbocycles. The van der Waals surface area contributed by atoms with E-state index in [4.69, 9.17) is 27.9 Å². The fraction of sp³-hybridized carbons (Fsp3) is 0.353. The molecule has 2 atom stereocenters. The number of carbonyl (C=O) groups excluding carboxylic acids is 1. The summed E-state index contributed by atoms with van der Waals surface area (Å²) >= 11 is 12.5. The van der Waals surface area contributed by atoms with Crippen molar-refractivity contribution in [1.29, 1.82) is 0 Å². The summed E-state index contributed by atoms with van der Waals surface area (Å²) in [4.78, 5) is 22.1. The summed E-state index contributed by atoms with van der Waals surface area (Å²) in [5, 5.41) is 0.0541. The zero-order valence-corrected chi connectivity index (χ0v) is 15.5. The van der Waals surface area contributed by atoms with E-state index >= 15 is 0 Å². The minimum absolute atomic E-state index is 0.0541. The number of aromatic nitrogens is 2. The Morgan fingerprint density at radius 1 is 1.37 bits per heavy atom. The first-order valence-corrected chi connectivity index (χ1v) is 8.76. The Balaban J connectivity index is 1.75. The SMILES string of the molecule is CC(c1cnc(OCCC(F)(F)F)c(Cl)c1)N1C(=O)c2ccncc2C1Cl. The molecule has 1 aliphatic rings. The number of alkyl halides is 4. The average molecular weight is 420 g/mol. The van der Waals surface area contributed by atoms with E-state index in [1.165, 1.54) is 23.4 Å². The summed E-state index contributed by atoms with van der Waals surface area (Å²) in [5.41, 5.74) is 0.964. The molecule has 0 spiro atoms. The van der Waals surface area contributed by atoms with Crippen LogP contribution in [0.15, 0.2) is 30.7 Å². The highest BCUT2D eigenvalue weighted by Gasteiger charge is 2.39. The zero-order chi connectivity index (χ0) is 19.8. The molecule has 1 aliphatic heterocycles. The van der Waals surface area contributed by atoms with E-state index in [9.17, 15) is 18.0 Å². The Morgan fingerprint density at radius 3 is 2.74 bits per heavy atom. The maximum absolute atomic E-state index is 12.6. The van der Waals surface area contributed by atoms with Crippen molar-refractivity contribution in [3.8, 4) is 5.88 Å². The number of hydrogen-bond acceptors (Lipinski definition) is 4. The van der Waals surface area contributed by atoms with Gasteiger partial charge in [-0.25, -0.2) is 4.98 Å². The van der Waals surface area contributed by atoms with Crippen LogP contribution in [0.4, 0.5) is 13.2 Å². The smallest absolute Gasteiger partial charge is 0.392 e. The largest absolute Gasteiger partial charge is 0.476 e. The molecular formula is C17H14Cl2F3N3O2. The molecule has 3 heterocycles. The number of amides is 1. The van der Waals surface area contributed by atoms with E-state index in [2.05, 4.69) is 9.97 Å². The maximum Gasteiger partial charge on any atom is 0.392 e. The van der Waals surface area contributed by atoms with Crippen molar-refractivity contribution in [2.45, 2.75) is 31.1 Å². The predicted octanol–water partition coefficient (Wildman–Crippen LogP) is 4.92. The molecule has 0 aromatic carbocycles. The van der Waals surface area contributed by atoms with Gasteiger partial charge < -0.3 is 9.64 Å². The monoisotopic (exact) mass is 419 g/mol. The van der Waals surface area contributed by atoms with Gasteiger partial charge in [0.05, 0.1) is 19.1 Å². The summed E-state index contributed by atoms with van der Waals surface area (Å²) in [5.74, 6) is -0.346. The Labute approximate surface area is 163 Å². The number of pyridine rings is 2. The second kappa shape index (κ2) is 7.52. The van der Waals surface area contributed by atoms with Crippen molar-refractivity contribution in [3.05, 3.63) is 52.4 Å². The lowest BCUT2D eigenvalue weighted by atomic mass is 10.1. The Kier molecular flexibility index (Phi) is 5.48. The lowest BCUT2D eigenvalue weighted by Crippen LogP contribution is -2.29. The summed E-state index contributed by atoms with van der Waals surface area (Å²) in [6, 6.07) is 2.63.